The van der Waals surface area contributed by atoms with Crippen molar-refractivity contribution >= 4 is 5.97 Å². The first-order chi connectivity index (χ1) is 9.39. The van der Waals surface area contributed by atoms with Crippen molar-refractivity contribution in [3.8, 4) is 5.75 Å². The molecule has 0 aromatic heterocycles. The Balaban J connectivity index is 2.04. The number of carbonyl (C=O) groups excluding carboxylic acids is 1. The number of benzene rings is 1. The van der Waals surface area contributed by atoms with E-state index in [9.17, 15) is 4.79 Å². The molecule has 4 nitrogen and oxygen atoms in total. The Kier molecular flexibility index (Phi) is 4.33. The molecule has 1 unspecified atom stereocenters. The topological polar surface area (TPSA) is 61.5 Å². The molecule has 0 saturated heterocycles. The smallest absolute Gasteiger partial charge is 0.311 e. The van der Waals surface area contributed by atoms with Crippen LogP contribution >= 0.6 is 0 Å². The van der Waals surface area contributed by atoms with Crippen molar-refractivity contribution in [1.29, 1.82) is 0 Å². The molecule has 1 atom stereocenters. The lowest BCUT2D eigenvalue weighted by Gasteiger charge is -2.23. The second-order valence-corrected chi connectivity index (χ2v) is 6.21. The van der Waals surface area contributed by atoms with E-state index in [1.807, 2.05) is 32.9 Å². The van der Waals surface area contributed by atoms with E-state index in [4.69, 9.17) is 15.2 Å². The molecule has 110 valence electrons. The Morgan fingerprint density at radius 1 is 1.45 bits per heavy atom. The van der Waals surface area contributed by atoms with Gasteiger partial charge in [-0.15, -0.1) is 0 Å². The molecule has 0 spiro atoms. The van der Waals surface area contributed by atoms with Crippen LogP contribution < -0.4 is 10.5 Å². The van der Waals surface area contributed by atoms with Crippen molar-refractivity contribution in [2.75, 3.05) is 13.2 Å². The standard InChI is InChI=1S/C16H23NO3/c1-16(2,3)20-15(18)13(10-17)9-11-4-5-14-12(8-11)6-7-19-14/h4-5,8,13H,6-7,9-10,17H2,1-3H3. The molecule has 0 saturated carbocycles. The van der Waals surface area contributed by atoms with Gasteiger partial charge in [-0.25, -0.2) is 0 Å². The summed E-state index contributed by atoms with van der Waals surface area (Å²) in [7, 11) is 0. The summed E-state index contributed by atoms with van der Waals surface area (Å²) >= 11 is 0. The Morgan fingerprint density at radius 2 is 2.20 bits per heavy atom. The van der Waals surface area contributed by atoms with Crippen molar-refractivity contribution in [2.45, 2.75) is 39.2 Å². The van der Waals surface area contributed by atoms with Crippen LogP contribution in [0.5, 0.6) is 5.75 Å². The third-order valence-corrected chi connectivity index (χ3v) is 3.26. The first kappa shape index (κ1) is 14.9. The van der Waals surface area contributed by atoms with Gasteiger partial charge in [0.1, 0.15) is 11.4 Å². The molecule has 0 bridgehead atoms. The summed E-state index contributed by atoms with van der Waals surface area (Å²) in [5.41, 5.74) is 7.57. The van der Waals surface area contributed by atoms with E-state index >= 15 is 0 Å². The predicted octanol–water partition coefficient (Wildman–Crippen LogP) is 2.08. The average Bonchev–Trinajstić information content (AvgIpc) is 2.80. The van der Waals surface area contributed by atoms with Crippen LogP contribution in [-0.2, 0) is 22.4 Å². The molecule has 0 aliphatic carbocycles. The molecule has 20 heavy (non-hydrogen) atoms. The van der Waals surface area contributed by atoms with Gasteiger partial charge in [0.2, 0.25) is 0 Å². The second kappa shape index (κ2) is 5.83. The van der Waals surface area contributed by atoms with Crippen LogP contribution in [0, 0.1) is 5.92 Å². The molecule has 0 amide bonds. The fraction of sp³-hybridized carbons (Fsp3) is 0.562. The first-order valence-electron chi connectivity index (χ1n) is 7.06. The molecule has 1 heterocycles. The quantitative estimate of drug-likeness (QED) is 0.856. The number of hydrogen-bond donors (Lipinski definition) is 1. The third-order valence-electron chi connectivity index (χ3n) is 3.26. The minimum absolute atomic E-state index is 0.225. The summed E-state index contributed by atoms with van der Waals surface area (Å²) in [6, 6.07) is 6.08. The van der Waals surface area contributed by atoms with E-state index in [0.717, 1.165) is 24.3 Å². The number of rotatable bonds is 4. The minimum Gasteiger partial charge on any atom is -0.493 e. The van der Waals surface area contributed by atoms with Crippen LogP contribution in [0.1, 0.15) is 31.9 Å². The zero-order valence-electron chi connectivity index (χ0n) is 12.4. The largest absolute Gasteiger partial charge is 0.493 e. The number of esters is 1. The van der Waals surface area contributed by atoms with Gasteiger partial charge in [0.05, 0.1) is 12.5 Å². The Bertz CT molecular complexity index is 491. The van der Waals surface area contributed by atoms with E-state index in [-0.39, 0.29) is 11.9 Å². The van der Waals surface area contributed by atoms with Gasteiger partial charge in [-0.05, 0) is 44.4 Å². The highest BCUT2D eigenvalue weighted by atomic mass is 16.6. The number of carbonyl (C=O) groups is 1. The number of nitrogens with two attached hydrogens (primary N) is 1. The van der Waals surface area contributed by atoms with Crippen LogP contribution in [0.15, 0.2) is 18.2 Å². The lowest BCUT2D eigenvalue weighted by atomic mass is 9.97. The predicted molar refractivity (Wildman–Crippen MR) is 77.7 cm³/mol. The summed E-state index contributed by atoms with van der Waals surface area (Å²) in [4.78, 5) is 12.1. The molecule has 2 rings (SSSR count). The summed E-state index contributed by atoms with van der Waals surface area (Å²) < 4.78 is 10.9. The normalized spacial score (nSPS) is 15.4. The average molecular weight is 277 g/mol. The van der Waals surface area contributed by atoms with Gasteiger partial charge in [0.15, 0.2) is 0 Å². The van der Waals surface area contributed by atoms with Gasteiger partial charge in [0.25, 0.3) is 0 Å². The molecule has 0 radical (unpaired) electrons. The highest BCUT2D eigenvalue weighted by Crippen LogP contribution is 2.27. The maximum absolute atomic E-state index is 12.1. The number of ether oxygens (including phenoxy) is 2. The van der Waals surface area contributed by atoms with Crippen molar-refractivity contribution < 1.29 is 14.3 Å². The molecular weight excluding hydrogens is 254 g/mol. The Labute approximate surface area is 120 Å². The molecule has 2 N–H and O–H groups in total. The maximum Gasteiger partial charge on any atom is 0.311 e. The van der Waals surface area contributed by atoms with Crippen LogP contribution in [0.4, 0.5) is 0 Å². The van der Waals surface area contributed by atoms with Crippen molar-refractivity contribution in [3.05, 3.63) is 29.3 Å². The van der Waals surface area contributed by atoms with E-state index < -0.39 is 5.60 Å². The monoisotopic (exact) mass is 277 g/mol. The van der Waals surface area contributed by atoms with Gasteiger partial charge in [0, 0.05) is 13.0 Å². The van der Waals surface area contributed by atoms with Crippen LogP contribution in [0.25, 0.3) is 0 Å². The molecule has 0 fully saturated rings. The van der Waals surface area contributed by atoms with Gasteiger partial charge < -0.3 is 15.2 Å². The Morgan fingerprint density at radius 3 is 2.85 bits per heavy atom. The molecule has 1 aromatic rings. The fourth-order valence-electron chi connectivity index (χ4n) is 2.30. The SMILES string of the molecule is CC(C)(C)OC(=O)C(CN)Cc1ccc2c(c1)CCO2. The van der Waals surface area contributed by atoms with E-state index in [0.29, 0.717) is 13.0 Å². The summed E-state index contributed by atoms with van der Waals surface area (Å²) in [5.74, 6) is 0.432. The van der Waals surface area contributed by atoms with Crippen LogP contribution in [0.2, 0.25) is 0 Å². The second-order valence-electron chi connectivity index (χ2n) is 6.21. The molecule has 1 aromatic carbocycles. The van der Waals surface area contributed by atoms with E-state index in [2.05, 4.69) is 6.07 Å². The zero-order valence-corrected chi connectivity index (χ0v) is 12.4. The first-order valence-corrected chi connectivity index (χ1v) is 7.06. The summed E-state index contributed by atoms with van der Waals surface area (Å²) in [6.07, 6.45) is 1.54. The highest BCUT2D eigenvalue weighted by molar-refractivity contribution is 5.73. The lowest BCUT2D eigenvalue weighted by molar-refractivity contribution is -0.159. The number of hydrogen-bond acceptors (Lipinski definition) is 4. The van der Waals surface area contributed by atoms with Gasteiger partial charge in [-0.1, -0.05) is 12.1 Å². The number of fused-ring (bicyclic) bond motifs is 1. The van der Waals surface area contributed by atoms with Crippen LogP contribution in [0.3, 0.4) is 0 Å². The highest BCUT2D eigenvalue weighted by Gasteiger charge is 2.25. The summed E-state index contributed by atoms with van der Waals surface area (Å²) in [6.45, 7) is 6.63. The molecule has 1 aliphatic heterocycles. The van der Waals surface area contributed by atoms with Crippen molar-refractivity contribution in [2.24, 2.45) is 11.7 Å². The molecule has 1 aliphatic rings. The van der Waals surface area contributed by atoms with Gasteiger partial charge >= 0.3 is 5.97 Å². The lowest BCUT2D eigenvalue weighted by Crippen LogP contribution is -2.33. The van der Waals surface area contributed by atoms with Crippen LogP contribution in [-0.4, -0.2) is 24.7 Å². The minimum atomic E-state index is -0.476. The summed E-state index contributed by atoms with van der Waals surface area (Å²) in [5, 5.41) is 0. The Hall–Kier alpha value is -1.55. The maximum atomic E-state index is 12.1. The zero-order chi connectivity index (χ0) is 14.8. The molecule has 4 heteroatoms. The van der Waals surface area contributed by atoms with Gasteiger partial charge in [-0.3, -0.25) is 4.79 Å². The molecular formula is C16H23NO3. The van der Waals surface area contributed by atoms with E-state index in [1.165, 1.54) is 5.56 Å². The van der Waals surface area contributed by atoms with Crippen molar-refractivity contribution in [1.82, 2.24) is 0 Å². The fourth-order valence-corrected chi connectivity index (χ4v) is 2.30. The van der Waals surface area contributed by atoms with Gasteiger partial charge in [-0.2, -0.15) is 0 Å². The van der Waals surface area contributed by atoms with E-state index in [1.54, 1.807) is 0 Å². The third kappa shape index (κ3) is 3.73. The van der Waals surface area contributed by atoms with Crippen molar-refractivity contribution in [3.63, 3.8) is 0 Å².